The molecule has 2 aromatic rings. The molecule has 0 saturated heterocycles. The van der Waals surface area contributed by atoms with Gasteiger partial charge in [0.15, 0.2) is 0 Å². The van der Waals surface area contributed by atoms with Gasteiger partial charge in [0.2, 0.25) is 5.91 Å². The number of benzene rings is 2. The number of rotatable bonds is 7. The van der Waals surface area contributed by atoms with Crippen LogP contribution >= 0.6 is 0 Å². The summed E-state index contributed by atoms with van der Waals surface area (Å²) in [4.78, 5) is 18.4. The number of nitrogens with zero attached hydrogens (tertiary/aromatic N) is 2. The maximum atomic E-state index is 14.5. The first-order valence-corrected chi connectivity index (χ1v) is 9.22. The van der Waals surface area contributed by atoms with E-state index in [0.717, 1.165) is 25.9 Å². The highest BCUT2D eigenvalue weighted by molar-refractivity contribution is 6.12. The number of carbonyl (C=O) groups excluding carboxylic acids is 1. The van der Waals surface area contributed by atoms with Gasteiger partial charge in [0.1, 0.15) is 17.6 Å². The van der Waals surface area contributed by atoms with E-state index in [0.29, 0.717) is 22.6 Å². The second kappa shape index (κ2) is 8.29. The topological polar surface area (TPSA) is 44.7 Å². The summed E-state index contributed by atoms with van der Waals surface area (Å²) in [6.07, 6.45) is 3.53. The molecule has 0 spiro atoms. The van der Waals surface area contributed by atoms with Crippen molar-refractivity contribution < 1.29 is 13.6 Å². The van der Waals surface area contributed by atoms with Crippen molar-refractivity contribution in [2.45, 2.75) is 32.6 Å². The Labute approximate surface area is 157 Å². The Bertz CT molecular complexity index is 867. The number of hydrogen-bond donors (Lipinski definition) is 1. The number of fused-ring (bicyclic) bond motifs is 1. The SMILES string of the molecule is CCCCN(CC)c1ccc(N=CC2C(=O)Nc3cc(F)ccc32)cc1F. The van der Waals surface area contributed by atoms with Gasteiger partial charge in [-0.15, -0.1) is 0 Å². The summed E-state index contributed by atoms with van der Waals surface area (Å²) in [5.74, 6) is -1.62. The first-order chi connectivity index (χ1) is 13.0. The normalized spacial score (nSPS) is 15.9. The third-order valence-corrected chi connectivity index (χ3v) is 4.70. The van der Waals surface area contributed by atoms with E-state index in [1.54, 1.807) is 18.2 Å². The highest BCUT2D eigenvalue weighted by Gasteiger charge is 2.29. The summed E-state index contributed by atoms with van der Waals surface area (Å²) in [5.41, 5.74) is 2.11. The lowest BCUT2D eigenvalue weighted by atomic mass is 10.0. The zero-order valence-corrected chi connectivity index (χ0v) is 15.5. The van der Waals surface area contributed by atoms with Crippen LogP contribution in [0.15, 0.2) is 41.4 Å². The molecule has 1 aliphatic rings. The molecule has 27 heavy (non-hydrogen) atoms. The predicted molar refractivity (Wildman–Crippen MR) is 105 cm³/mol. The van der Waals surface area contributed by atoms with Crippen LogP contribution in [-0.4, -0.2) is 25.2 Å². The number of aliphatic imine (C=N–C) groups is 1. The fraction of sp³-hybridized carbons (Fsp3) is 0.333. The van der Waals surface area contributed by atoms with Gasteiger partial charge in [0.05, 0.1) is 11.4 Å². The molecular formula is C21H23F2N3O. The molecule has 3 rings (SSSR count). The summed E-state index contributed by atoms with van der Waals surface area (Å²) in [6.45, 7) is 5.64. The summed E-state index contributed by atoms with van der Waals surface area (Å²) < 4.78 is 27.8. The van der Waals surface area contributed by atoms with E-state index in [-0.39, 0.29) is 11.7 Å². The molecule has 1 heterocycles. The number of amides is 1. The minimum Gasteiger partial charge on any atom is -0.369 e. The maximum Gasteiger partial charge on any atom is 0.237 e. The number of hydrogen-bond acceptors (Lipinski definition) is 3. The van der Waals surface area contributed by atoms with Crippen LogP contribution in [0, 0.1) is 11.6 Å². The van der Waals surface area contributed by atoms with Gasteiger partial charge in [-0.3, -0.25) is 9.79 Å². The van der Waals surface area contributed by atoms with E-state index in [2.05, 4.69) is 17.2 Å². The number of carbonyl (C=O) groups is 1. The fourth-order valence-corrected chi connectivity index (χ4v) is 3.20. The standard InChI is InChI=1S/C21H23F2N3O/c1-3-5-10-26(4-2)20-9-7-15(12-18(20)23)24-13-17-16-8-6-14(22)11-19(16)25-21(17)27/h6-9,11-13,17H,3-5,10H2,1-2H3,(H,25,27). The molecular weight excluding hydrogens is 348 g/mol. The highest BCUT2D eigenvalue weighted by atomic mass is 19.1. The molecule has 0 radical (unpaired) electrons. The Balaban J connectivity index is 1.78. The Kier molecular flexibility index (Phi) is 5.84. The van der Waals surface area contributed by atoms with Gasteiger partial charge < -0.3 is 10.2 Å². The van der Waals surface area contributed by atoms with Crippen LogP contribution in [-0.2, 0) is 4.79 Å². The minimum absolute atomic E-state index is 0.270. The number of anilines is 2. The van der Waals surface area contributed by atoms with E-state index in [1.165, 1.54) is 24.4 Å². The van der Waals surface area contributed by atoms with Gasteiger partial charge in [-0.2, -0.15) is 0 Å². The van der Waals surface area contributed by atoms with Gasteiger partial charge in [0, 0.05) is 31.1 Å². The first-order valence-electron chi connectivity index (χ1n) is 9.22. The first kappa shape index (κ1) is 19.0. The molecule has 1 amide bonds. The average molecular weight is 371 g/mol. The Morgan fingerprint density at radius 1 is 1.19 bits per heavy atom. The van der Waals surface area contributed by atoms with Crippen molar-refractivity contribution in [3.63, 3.8) is 0 Å². The molecule has 0 aliphatic carbocycles. The zero-order chi connectivity index (χ0) is 19.4. The monoisotopic (exact) mass is 371 g/mol. The summed E-state index contributed by atoms with van der Waals surface area (Å²) in [5, 5.41) is 2.64. The number of halogens is 2. The molecule has 1 unspecified atom stereocenters. The van der Waals surface area contributed by atoms with Crippen molar-refractivity contribution in [3.8, 4) is 0 Å². The summed E-state index contributed by atoms with van der Waals surface area (Å²) in [6, 6.07) is 8.99. The highest BCUT2D eigenvalue weighted by Crippen LogP contribution is 2.32. The van der Waals surface area contributed by atoms with E-state index in [1.807, 2.05) is 11.8 Å². The molecule has 1 atom stereocenters. The molecule has 1 N–H and O–H groups in total. The van der Waals surface area contributed by atoms with Crippen molar-refractivity contribution in [2.75, 3.05) is 23.3 Å². The lowest BCUT2D eigenvalue weighted by Gasteiger charge is -2.23. The Morgan fingerprint density at radius 2 is 2.00 bits per heavy atom. The lowest BCUT2D eigenvalue weighted by molar-refractivity contribution is -0.115. The minimum atomic E-state index is -0.611. The predicted octanol–water partition coefficient (Wildman–Crippen LogP) is 5.03. The molecule has 4 nitrogen and oxygen atoms in total. The molecule has 142 valence electrons. The zero-order valence-electron chi connectivity index (χ0n) is 15.5. The van der Waals surface area contributed by atoms with Crippen LogP contribution < -0.4 is 10.2 Å². The largest absolute Gasteiger partial charge is 0.369 e. The van der Waals surface area contributed by atoms with E-state index in [9.17, 15) is 13.6 Å². The second-order valence-corrected chi connectivity index (χ2v) is 6.55. The van der Waals surface area contributed by atoms with Crippen LogP contribution in [0.3, 0.4) is 0 Å². The molecule has 0 fully saturated rings. The Hall–Kier alpha value is -2.76. The Morgan fingerprint density at radius 3 is 2.70 bits per heavy atom. The number of nitrogens with one attached hydrogen (secondary N) is 1. The van der Waals surface area contributed by atoms with Crippen LogP contribution in [0.2, 0.25) is 0 Å². The van der Waals surface area contributed by atoms with Gasteiger partial charge in [-0.05, 0) is 43.2 Å². The van der Waals surface area contributed by atoms with Crippen molar-refractivity contribution in [1.29, 1.82) is 0 Å². The van der Waals surface area contributed by atoms with E-state index in [4.69, 9.17) is 0 Å². The van der Waals surface area contributed by atoms with Gasteiger partial charge in [0.25, 0.3) is 0 Å². The second-order valence-electron chi connectivity index (χ2n) is 6.55. The number of unbranched alkanes of at least 4 members (excludes halogenated alkanes) is 1. The quantitative estimate of drug-likeness (QED) is 0.694. The molecule has 0 saturated carbocycles. The summed E-state index contributed by atoms with van der Waals surface area (Å²) >= 11 is 0. The van der Waals surface area contributed by atoms with Crippen molar-refractivity contribution in [3.05, 3.63) is 53.6 Å². The van der Waals surface area contributed by atoms with Crippen LogP contribution in [0.5, 0.6) is 0 Å². The van der Waals surface area contributed by atoms with Gasteiger partial charge in [-0.25, -0.2) is 8.78 Å². The van der Waals surface area contributed by atoms with Crippen molar-refractivity contribution in [2.24, 2.45) is 4.99 Å². The molecule has 1 aliphatic heterocycles. The van der Waals surface area contributed by atoms with E-state index >= 15 is 0 Å². The molecule has 0 bridgehead atoms. The van der Waals surface area contributed by atoms with Crippen LogP contribution in [0.25, 0.3) is 0 Å². The smallest absolute Gasteiger partial charge is 0.237 e. The van der Waals surface area contributed by atoms with Crippen molar-refractivity contribution in [1.82, 2.24) is 0 Å². The van der Waals surface area contributed by atoms with Gasteiger partial charge >= 0.3 is 0 Å². The molecule has 2 aromatic carbocycles. The average Bonchev–Trinajstić information content (AvgIpc) is 2.96. The third kappa shape index (κ3) is 4.15. The fourth-order valence-electron chi connectivity index (χ4n) is 3.20. The van der Waals surface area contributed by atoms with Crippen LogP contribution in [0.1, 0.15) is 38.2 Å². The lowest BCUT2D eigenvalue weighted by Crippen LogP contribution is -2.24. The van der Waals surface area contributed by atoms with Crippen LogP contribution in [0.4, 0.5) is 25.8 Å². The maximum absolute atomic E-state index is 14.5. The molecule has 0 aromatic heterocycles. The van der Waals surface area contributed by atoms with E-state index < -0.39 is 11.7 Å². The third-order valence-electron chi connectivity index (χ3n) is 4.70. The molecule has 6 heteroatoms. The van der Waals surface area contributed by atoms with Gasteiger partial charge in [-0.1, -0.05) is 19.4 Å². The summed E-state index contributed by atoms with van der Waals surface area (Å²) in [7, 11) is 0. The van der Waals surface area contributed by atoms with Crippen molar-refractivity contribution >= 4 is 29.2 Å².